The van der Waals surface area contributed by atoms with Gasteiger partial charge in [-0.25, -0.2) is 18.7 Å². The Labute approximate surface area is 414 Å². The molecule has 0 fully saturated rings. The Morgan fingerprint density at radius 3 is 1.52 bits per heavy atom. The van der Waals surface area contributed by atoms with Crippen LogP contribution >= 0.6 is 38.6 Å². The van der Waals surface area contributed by atoms with Crippen LogP contribution in [0, 0.1) is 11.6 Å². The van der Waals surface area contributed by atoms with Crippen LogP contribution in [0.3, 0.4) is 0 Å². The molecule has 4 aromatic carbocycles. The zero-order valence-corrected chi connectivity index (χ0v) is 41.9. The summed E-state index contributed by atoms with van der Waals surface area (Å²) < 4.78 is 51.3. The van der Waals surface area contributed by atoms with E-state index in [4.69, 9.17) is 18.9 Å². The Hall–Kier alpha value is -6.68. The number of nitrogens with zero attached hydrogens (tertiary/aromatic N) is 2. The number of hydrogen-bond acceptors (Lipinski definition) is 12. The minimum absolute atomic E-state index is 0.0208. The van der Waals surface area contributed by atoms with Crippen molar-refractivity contribution in [3.8, 4) is 45.5 Å². The molecule has 0 spiro atoms. The Bertz CT molecular complexity index is 3240. The van der Waals surface area contributed by atoms with Gasteiger partial charge in [-0.1, -0.05) is 38.1 Å². The van der Waals surface area contributed by atoms with Crippen LogP contribution in [0.2, 0.25) is 0 Å². The van der Waals surface area contributed by atoms with Crippen molar-refractivity contribution < 1.29 is 46.9 Å². The van der Waals surface area contributed by atoms with Gasteiger partial charge in [0.15, 0.2) is 46.1 Å². The van der Waals surface area contributed by atoms with E-state index in [0.717, 1.165) is 43.2 Å². The highest BCUT2D eigenvalue weighted by molar-refractivity contribution is 9.11. The number of hydrogen-bond donors (Lipinski definition) is 0. The fraction of sp³-hybridized carbons (Fsp3) is 0.222. The standard InChI is InChI=1S/C27H23BrFNO4S.C27H24FNO4S/c1-4-15-12-19(22(32)10-9-21(31)16-8-11-23(33-2)24(14-16)34-3)30-20(13-15)25-17-6-5-7-18(29)26(17)35-27(25)28;1-4-16-12-21(19-15-34-27-18(19)6-5-7-20(27)28)29-22(13-16)24(31)10-9-23(30)17-8-11-25(32-2)26(14-17)33-3/h5-8,11-14H,4,9-10H2,1-3H3;5-8,11-15H,4,9-10H2,1-3H3. The van der Waals surface area contributed by atoms with Gasteiger partial charge in [-0.2, -0.15) is 0 Å². The maximum absolute atomic E-state index is 14.3. The highest BCUT2D eigenvalue weighted by Crippen LogP contribution is 2.43. The number of aryl methyl sites for hydroxylation is 2. The molecule has 0 unspecified atom stereocenters. The largest absolute Gasteiger partial charge is 0.493 e. The molecule has 69 heavy (non-hydrogen) atoms. The summed E-state index contributed by atoms with van der Waals surface area (Å²) in [6.07, 6.45) is 1.57. The summed E-state index contributed by atoms with van der Waals surface area (Å²) in [7, 11) is 6.06. The second-order valence-electron chi connectivity index (χ2n) is 15.7. The van der Waals surface area contributed by atoms with Crippen molar-refractivity contribution in [1.82, 2.24) is 9.97 Å². The van der Waals surface area contributed by atoms with E-state index in [-0.39, 0.29) is 60.5 Å². The summed E-state index contributed by atoms with van der Waals surface area (Å²) in [5.41, 5.74) is 6.18. The number of methoxy groups -OCH3 is 4. The molecule has 0 aliphatic carbocycles. The number of carbonyl (C=O) groups excluding carboxylic acids is 4. The van der Waals surface area contributed by atoms with Crippen LogP contribution in [-0.2, 0) is 12.8 Å². The quantitative estimate of drug-likeness (QED) is 0.0766. The number of benzene rings is 4. The van der Waals surface area contributed by atoms with Crippen LogP contribution in [0.25, 0.3) is 42.7 Å². The normalized spacial score (nSPS) is 11.0. The number of thiophene rings is 2. The molecule has 4 aromatic heterocycles. The van der Waals surface area contributed by atoms with E-state index in [9.17, 15) is 28.0 Å². The predicted molar refractivity (Wildman–Crippen MR) is 271 cm³/mol. The SMILES string of the molecule is CCc1cc(C(=O)CCC(=O)c2ccc(OC)c(OC)c2)nc(-c2c(Br)sc3c(F)cccc23)c1.CCc1cc(C(=O)CCC(=O)c2ccc(OC)c(OC)c2)nc(-c2csc3c(F)cccc23)c1. The number of carbonyl (C=O) groups is 4. The zero-order valence-electron chi connectivity index (χ0n) is 38.7. The number of rotatable bonds is 18. The van der Waals surface area contributed by atoms with Gasteiger partial charge in [-0.3, -0.25) is 19.2 Å². The van der Waals surface area contributed by atoms with Crippen molar-refractivity contribution in [1.29, 1.82) is 0 Å². The molecule has 0 saturated heterocycles. The van der Waals surface area contributed by atoms with Gasteiger partial charge in [-0.15, -0.1) is 22.7 Å². The molecule has 0 amide bonds. The lowest BCUT2D eigenvalue weighted by Gasteiger charge is -2.10. The molecule has 0 bridgehead atoms. The predicted octanol–water partition coefficient (Wildman–Crippen LogP) is 13.8. The van der Waals surface area contributed by atoms with E-state index in [2.05, 4.69) is 25.9 Å². The van der Waals surface area contributed by atoms with Gasteiger partial charge >= 0.3 is 0 Å². The van der Waals surface area contributed by atoms with E-state index in [1.807, 2.05) is 43.5 Å². The number of aromatic nitrogens is 2. The summed E-state index contributed by atoms with van der Waals surface area (Å²) in [6, 6.07) is 27.1. The maximum atomic E-state index is 14.3. The molecular formula is C54H47BrF2N2O8S2. The van der Waals surface area contributed by atoms with E-state index < -0.39 is 0 Å². The van der Waals surface area contributed by atoms with Crippen LogP contribution < -0.4 is 18.9 Å². The number of ketones is 4. The number of pyridine rings is 2. The van der Waals surface area contributed by atoms with Crippen molar-refractivity contribution in [2.45, 2.75) is 52.4 Å². The third-order valence-electron chi connectivity index (χ3n) is 11.4. The molecule has 15 heteroatoms. The Kier molecular flexibility index (Phi) is 16.5. The van der Waals surface area contributed by atoms with Gasteiger partial charge in [0.2, 0.25) is 0 Å². The number of ether oxygens (including phenoxy) is 4. The van der Waals surface area contributed by atoms with Crippen molar-refractivity contribution in [2.24, 2.45) is 0 Å². The third kappa shape index (κ3) is 11.3. The van der Waals surface area contributed by atoms with Gasteiger partial charge < -0.3 is 18.9 Å². The molecule has 0 aliphatic rings. The Morgan fingerprint density at radius 1 is 0.551 bits per heavy atom. The monoisotopic (exact) mass is 1030 g/mol. The summed E-state index contributed by atoms with van der Waals surface area (Å²) in [5, 5.41) is 3.38. The molecular weight excluding hydrogens is 987 g/mol. The van der Waals surface area contributed by atoms with Crippen molar-refractivity contribution in [2.75, 3.05) is 28.4 Å². The first-order valence-corrected chi connectivity index (χ1v) is 24.4. The first-order valence-electron chi connectivity index (χ1n) is 21.9. The van der Waals surface area contributed by atoms with Gasteiger partial charge in [0.25, 0.3) is 0 Å². The molecule has 0 N–H and O–H groups in total. The molecule has 0 aliphatic heterocycles. The maximum Gasteiger partial charge on any atom is 0.181 e. The van der Waals surface area contributed by atoms with Crippen LogP contribution in [0.1, 0.15) is 92.4 Å². The molecule has 4 heterocycles. The van der Waals surface area contributed by atoms with E-state index in [1.54, 1.807) is 60.7 Å². The van der Waals surface area contributed by atoms with Gasteiger partial charge in [-0.05, 0) is 113 Å². The molecule has 354 valence electrons. The second kappa shape index (κ2) is 22.6. The van der Waals surface area contributed by atoms with Crippen LogP contribution in [0.4, 0.5) is 8.78 Å². The lowest BCUT2D eigenvalue weighted by molar-refractivity contribution is 0.0915. The minimum Gasteiger partial charge on any atom is -0.493 e. The lowest BCUT2D eigenvalue weighted by Crippen LogP contribution is -2.08. The van der Waals surface area contributed by atoms with Gasteiger partial charge in [0.1, 0.15) is 23.0 Å². The highest BCUT2D eigenvalue weighted by Gasteiger charge is 2.21. The minimum atomic E-state index is -0.295. The summed E-state index contributed by atoms with van der Waals surface area (Å²) in [5.74, 6) is 0.630. The van der Waals surface area contributed by atoms with E-state index >= 15 is 0 Å². The van der Waals surface area contributed by atoms with Crippen LogP contribution in [0.15, 0.2) is 106 Å². The average molecular weight is 1030 g/mol. The molecule has 10 nitrogen and oxygen atoms in total. The highest BCUT2D eigenvalue weighted by atomic mass is 79.9. The van der Waals surface area contributed by atoms with Crippen molar-refractivity contribution >= 4 is 81.9 Å². The topological polar surface area (TPSA) is 131 Å². The summed E-state index contributed by atoms with van der Waals surface area (Å²) in [4.78, 5) is 60.7. The molecule has 0 radical (unpaired) electrons. The fourth-order valence-corrected chi connectivity index (χ4v) is 10.5. The second-order valence-corrected chi connectivity index (χ2v) is 18.9. The zero-order chi connectivity index (χ0) is 49.4. The molecule has 0 atom stereocenters. The molecule has 8 rings (SSSR count). The summed E-state index contributed by atoms with van der Waals surface area (Å²) in [6.45, 7) is 3.99. The average Bonchev–Trinajstić information content (AvgIpc) is 3.98. The van der Waals surface area contributed by atoms with Gasteiger partial charge in [0.05, 0.1) is 53.0 Å². The Balaban J connectivity index is 0.000000204. The van der Waals surface area contributed by atoms with Crippen molar-refractivity contribution in [3.63, 3.8) is 0 Å². The molecule has 8 aromatic rings. The lowest BCUT2D eigenvalue weighted by atomic mass is 10.0. The van der Waals surface area contributed by atoms with E-state index in [0.29, 0.717) is 72.7 Å². The van der Waals surface area contributed by atoms with Gasteiger partial charge in [0, 0.05) is 64.1 Å². The van der Waals surface area contributed by atoms with E-state index in [1.165, 1.54) is 63.2 Å². The number of halogens is 3. The first-order chi connectivity index (χ1) is 33.3. The smallest absolute Gasteiger partial charge is 0.181 e. The van der Waals surface area contributed by atoms with Crippen LogP contribution in [0.5, 0.6) is 23.0 Å². The first kappa shape index (κ1) is 50.2. The Morgan fingerprint density at radius 2 is 1.01 bits per heavy atom. The fourth-order valence-electron chi connectivity index (χ4n) is 7.67. The summed E-state index contributed by atoms with van der Waals surface area (Å²) >= 11 is 6.16. The third-order valence-corrected chi connectivity index (χ3v) is 14.3. The molecule has 0 saturated carbocycles. The number of Topliss-reactive ketones (excluding diaryl/α,β-unsaturated/α-hetero) is 4. The van der Waals surface area contributed by atoms with Crippen LogP contribution in [-0.4, -0.2) is 61.5 Å². The van der Waals surface area contributed by atoms with Crippen molar-refractivity contribution in [3.05, 3.63) is 152 Å². The number of fused-ring (bicyclic) bond motifs is 2.